The lowest BCUT2D eigenvalue weighted by atomic mass is 9.94. The average Bonchev–Trinajstić information content (AvgIpc) is 3.54. The fourth-order valence-electron chi connectivity index (χ4n) is 5.45. The van der Waals surface area contributed by atoms with E-state index in [9.17, 15) is 4.79 Å². The number of hydrogen-bond donors (Lipinski definition) is 0. The van der Waals surface area contributed by atoms with Gasteiger partial charge in [-0.15, -0.1) is 5.10 Å². The van der Waals surface area contributed by atoms with Crippen molar-refractivity contribution in [3.63, 3.8) is 0 Å². The fourth-order valence-corrected chi connectivity index (χ4v) is 6.08. The molecular formula is C24H32N4O2S. The molecule has 7 heteroatoms. The monoisotopic (exact) mass is 440 g/mol. The van der Waals surface area contributed by atoms with Crippen LogP contribution in [0, 0.1) is 12.8 Å². The van der Waals surface area contributed by atoms with E-state index in [1.807, 2.05) is 11.8 Å². The number of ether oxygens (including phenoxy) is 1. The number of likely N-dealkylation sites (tertiary alicyclic amines) is 1. The highest BCUT2D eigenvalue weighted by Crippen LogP contribution is 2.29. The van der Waals surface area contributed by atoms with E-state index in [4.69, 9.17) is 4.74 Å². The first kappa shape index (κ1) is 21.0. The molecule has 3 heterocycles. The summed E-state index contributed by atoms with van der Waals surface area (Å²) in [7, 11) is 0. The summed E-state index contributed by atoms with van der Waals surface area (Å²) >= 11 is 1.22. The maximum atomic E-state index is 13.3. The van der Waals surface area contributed by atoms with Gasteiger partial charge in [-0.25, -0.2) is 0 Å². The largest absolute Gasteiger partial charge is 0.376 e. The van der Waals surface area contributed by atoms with Crippen molar-refractivity contribution in [3.05, 3.63) is 46.0 Å². The summed E-state index contributed by atoms with van der Waals surface area (Å²) in [5.74, 6) is 0.628. The van der Waals surface area contributed by atoms with Crippen molar-refractivity contribution < 1.29 is 9.53 Å². The summed E-state index contributed by atoms with van der Waals surface area (Å²) in [4.78, 5) is 18.7. The minimum absolute atomic E-state index is 0.0803. The van der Waals surface area contributed by atoms with Crippen LogP contribution in [-0.2, 0) is 17.6 Å². The third kappa shape index (κ3) is 4.69. The second kappa shape index (κ2) is 9.35. The van der Waals surface area contributed by atoms with Crippen molar-refractivity contribution in [1.82, 2.24) is 19.4 Å². The molecule has 1 aromatic heterocycles. The molecule has 0 bridgehead atoms. The Kier molecular flexibility index (Phi) is 6.34. The van der Waals surface area contributed by atoms with Gasteiger partial charge >= 0.3 is 0 Å². The molecule has 6 nitrogen and oxygen atoms in total. The number of benzene rings is 1. The van der Waals surface area contributed by atoms with Gasteiger partial charge in [0.1, 0.15) is 4.88 Å². The summed E-state index contributed by atoms with van der Waals surface area (Å²) in [5.41, 5.74) is 3.79. The Morgan fingerprint density at radius 2 is 1.90 bits per heavy atom. The van der Waals surface area contributed by atoms with Crippen molar-refractivity contribution in [1.29, 1.82) is 0 Å². The number of aryl methyl sites for hydroxylation is 1. The Labute approximate surface area is 188 Å². The number of hydrogen-bond acceptors (Lipinski definition) is 6. The first-order chi connectivity index (χ1) is 15.2. The van der Waals surface area contributed by atoms with E-state index in [-0.39, 0.29) is 12.0 Å². The normalized spacial score (nSPS) is 22.7. The molecule has 166 valence electrons. The van der Waals surface area contributed by atoms with Gasteiger partial charge in [-0.05, 0) is 87.1 Å². The topological polar surface area (TPSA) is 58.6 Å². The molecule has 0 radical (unpaired) electrons. The van der Waals surface area contributed by atoms with Crippen molar-refractivity contribution in [3.8, 4) is 0 Å². The first-order valence-corrected chi connectivity index (χ1v) is 12.5. The number of fused-ring (bicyclic) bond motifs is 1. The van der Waals surface area contributed by atoms with Gasteiger partial charge in [0, 0.05) is 25.7 Å². The summed E-state index contributed by atoms with van der Waals surface area (Å²) < 4.78 is 9.84. The van der Waals surface area contributed by atoms with Gasteiger partial charge in [-0.3, -0.25) is 9.69 Å². The zero-order valence-corrected chi connectivity index (χ0v) is 19.1. The van der Waals surface area contributed by atoms with E-state index in [1.54, 1.807) is 0 Å². The highest BCUT2D eigenvalue weighted by Gasteiger charge is 2.32. The molecule has 2 aromatic rings. The molecule has 2 saturated heterocycles. The molecule has 31 heavy (non-hydrogen) atoms. The Bertz CT molecular complexity index is 877. The van der Waals surface area contributed by atoms with Gasteiger partial charge in [0.25, 0.3) is 5.91 Å². The molecule has 1 unspecified atom stereocenters. The predicted molar refractivity (Wildman–Crippen MR) is 121 cm³/mol. The van der Waals surface area contributed by atoms with Crippen LogP contribution in [0.2, 0.25) is 0 Å². The van der Waals surface area contributed by atoms with Crippen molar-refractivity contribution in [2.45, 2.75) is 57.6 Å². The Hall–Kier alpha value is -1.83. The molecule has 1 atom stereocenters. The lowest BCUT2D eigenvalue weighted by Gasteiger charge is -2.38. The number of carbonyl (C=O) groups excluding carboxylic acids is 1. The van der Waals surface area contributed by atoms with E-state index in [0.29, 0.717) is 23.4 Å². The van der Waals surface area contributed by atoms with Crippen LogP contribution in [-0.4, -0.2) is 70.2 Å². The number of rotatable bonds is 6. The zero-order valence-electron chi connectivity index (χ0n) is 18.3. The SMILES string of the molecule is Cc1nnsc1C(=O)N(CC1CCN(C2Cc3ccccc3C2)CC1)CC1CCCO1. The number of amides is 1. The Morgan fingerprint density at radius 1 is 1.16 bits per heavy atom. The van der Waals surface area contributed by atoms with Crippen molar-refractivity contribution in [2.24, 2.45) is 5.92 Å². The maximum absolute atomic E-state index is 13.3. The standard InChI is InChI=1S/C24H32N4O2S/c1-17-23(31-26-25-17)24(29)28(16-22-7-4-12-30-22)15-18-8-10-27(11-9-18)21-13-19-5-2-3-6-20(19)14-21/h2-3,5-6,18,21-22H,4,7-16H2,1H3. The van der Waals surface area contributed by atoms with Gasteiger partial charge in [-0.1, -0.05) is 28.8 Å². The summed E-state index contributed by atoms with van der Waals surface area (Å²) in [5, 5.41) is 4.05. The Balaban J connectivity index is 1.19. The molecule has 1 aliphatic carbocycles. The van der Waals surface area contributed by atoms with Crippen molar-refractivity contribution >= 4 is 17.4 Å². The zero-order chi connectivity index (χ0) is 21.2. The predicted octanol–water partition coefficient (Wildman–Crippen LogP) is 3.35. The summed E-state index contributed by atoms with van der Waals surface area (Å²) in [6.07, 6.45) is 6.98. The minimum Gasteiger partial charge on any atom is -0.376 e. The number of piperidine rings is 1. The van der Waals surface area contributed by atoms with E-state index >= 15 is 0 Å². The quantitative estimate of drug-likeness (QED) is 0.690. The summed E-state index contributed by atoms with van der Waals surface area (Å²) in [6, 6.07) is 9.54. The Morgan fingerprint density at radius 3 is 2.52 bits per heavy atom. The lowest BCUT2D eigenvalue weighted by Crippen LogP contribution is -2.46. The lowest BCUT2D eigenvalue weighted by molar-refractivity contribution is 0.0432. The number of carbonyl (C=O) groups is 1. The van der Waals surface area contributed by atoms with Gasteiger partial charge in [0.2, 0.25) is 0 Å². The van der Waals surface area contributed by atoms with Crippen LogP contribution in [0.5, 0.6) is 0 Å². The van der Waals surface area contributed by atoms with Crippen LogP contribution in [0.25, 0.3) is 0 Å². The third-order valence-corrected chi connectivity index (χ3v) is 8.07. The molecular weight excluding hydrogens is 408 g/mol. The van der Waals surface area contributed by atoms with Crippen LogP contribution in [0.15, 0.2) is 24.3 Å². The third-order valence-electron chi connectivity index (χ3n) is 7.25. The van der Waals surface area contributed by atoms with Crippen molar-refractivity contribution in [2.75, 3.05) is 32.8 Å². The molecule has 0 spiro atoms. The van der Waals surface area contributed by atoms with E-state index in [0.717, 1.165) is 57.6 Å². The molecule has 0 saturated carbocycles. The molecule has 0 N–H and O–H groups in total. The van der Waals surface area contributed by atoms with E-state index < -0.39 is 0 Å². The van der Waals surface area contributed by atoms with E-state index in [1.165, 1.54) is 35.5 Å². The highest BCUT2D eigenvalue weighted by atomic mass is 32.1. The molecule has 5 rings (SSSR count). The molecule has 2 aliphatic heterocycles. The van der Waals surface area contributed by atoms with Gasteiger partial charge in [0.05, 0.1) is 11.8 Å². The van der Waals surface area contributed by atoms with Gasteiger partial charge in [0.15, 0.2) is 0 Å². The van der Waals surface area contributed by atoms with Crippen LogP contribution in [0.4, 0.5) is 0 Å². The average molecular weight is 441 g/mol. The van der Waals surface area contributed by atoms with E-state index in [2.05, 4.69) is 38.8 Å². The second-order valence-electron chi connectivity index (χ2n) is 9.34. The van der Waals surface area contributed by atoms with Gasteiger partial charge in [-0.2, -0.15) is 0 Å². The smallest absolute Gasteiger partial charge is 0.267 e. The van der Waals surface area contributed by atoms with Gasteiger partial charge < -0.3 is 9.64 Å². The van der Waals surface area contributed by atoms with Crippen LogP contribution < -0.4 is 0 Å². The fraction of sp³-hybridized carbons (Fsp3) is 0.625. The minimum atomic E-state index is 0.0803. The molecule has 3 aliphatic rings. The molecule has 1 aromatic carbocycles. The molecule has 1 amide bonds. The second-order valence-corrected chi connectivity index (χ2v) is 10.1. The first-order valence-electron chi connectivity index (χ1n) is 11.7. The highest BCUT2D eigenvalue weighted by molar-refractivity contribution is 7.07. The number of nitrogens with zero attached hydrogens (tertiary/aromatic N) is 4. The molecule has 2 fully saturated rings. The van der Waals surface area contributed by atoms with Crippen LogP contribution in [0.1, 0.15) is 52.2 Å². The maximum Gasteiger partial charge on any atom is 0.267 e. The van der Waals surface area contributed by atoms with Crippen LogP contribution >= 0.6 is 11.5 Å². The summed E-state index contributed by atoms with van der Waals surface area (Å²) in [6.45, 7) is 6.46. The number of aromatic nitrogens is 2. The van der Waals surface area contributed by atoms with Crippen LogP contribution in [0.3, 0.4) is 0 Å².